The quantitative estimate of drug-likeness (QED) is 0.712. The Labute approximate surface area is 78.6 Å². The lowest BCUT2D eigenvalue weighted by atomic mass is 9.99. The van der Waals surface area contributed by atoms with Gasteiger partial charge in [0.1, 0.15) is 0 Å². The zero-order valence-corrected chi connectivity index (χ0v) is 7.85. The number of rotatable bonds is 4. The van der Waals surface area contributed by atoms with Crippen molar-refractivity contribution in [3.8, 4) is 0 Å². The normalized spacial score (nSPS) is 15.3. The van der Waals surface area contributed by atoms with Crippen molar-refractivity contribution in [2.24, 2.45) is 11.7 Å². The molecule has 0 aliphatic rings. The highest BCUT2D eigenvalue weighted by atomic mass is 16.3. The summed E-state index contributed by atoms with van der Waals surface area (Å²) >= 11 is 0. The lowest BCUT2D eigenvalue weighted by molar-refractivity contribution is 0.215. The maximum atomic E-state index is 8.88. The van der Waals surface area contributed by atoms with Crippen LogP contribution in [0.15, 0.2) is 24.4 Å². The lowest BCUT2D eigenvalue weighted by Crippen LogP contribution is -2.32. The molecule has 0 aromatic carbocycles. The molecule has 0 fully saturated rings. The third-order valence-corrected chi connectivity index (χ3v) is 2.19. The molecule has 1 heterocycles. The van der Waals surface area contributed by atoms with E-state index in [4.69, 9.17) is 10.8 Å². The maximum Gasteiger partial charge on any atom is 0.0471 e. The van der Waals surface area contributed by atoms with Crippen molar-refractivity contribution >= 4 is 0 Å². The molecule has 3 heteroatoms. The molecule has 0 amide bonds. The molecule has 0 aliphatic heterocycles. The van der Waals surface area contributed by atoms with Crippen LogP contribution < -0.4 is 5.73 Å². The molecule has 72 valence electrons. The Morgan fingerprint density at radius 3 is 2.85 bits per heavy atom. The Kier molecular flexibility index (Phi) is 3.86. The molecule has 0 saturated heterocycles. The van der Waals surface area contributed by atoms with E-state index in [0.717, 1.165) is 12.1 Å². The van der Waals surface area contributed by atoms with E-state index in [1.54, 1.807) is 6.20 Å². The first-order valence-corrected chi connectivity index (χ1v) is 4.50. The number of aliphatic hydroxyl groups excluding tert-OH is 1. The van der Waals surface area contributed by atoms with Crippen molar-refractivity contribution < 1.29 is 5.11 Å². The predicted octanol–water partition coefficient (Wildman–Crippen LogP) is 0.580. The number of aromatic nitrogens is 1. The molecule has 0 bridgehead atoms. The summed E-state index contributed by atoms with van der Waals surface area (Å²) in [4.78, 5) is 4.17. The second-order valence-corrected chi connectivity index (χ2v) is 3.35. The van der Waals surface area contributed by atoms with E-state index < -0.39 is 0 Å². The minimum Gasteiger partial charge on any atom is -0.396 e. The van der Waals surface area contributed by atoms with Crippen LogP contribution >= 0.6 is 0 Å². The fraction of sp³-hybridized carbons (Fsp3) is 0.500. The van der Waals surface area contributed by atoms with Gasteiger partial charge in [-0.05, 0) is 18.1 Å². The molecule has 1 unspecified atom stereocenters. The largest absolute Gasteiger partial charge is 0.396 e. The van der Waals surface area contributed by atoms with Crippen molar-refractivity contribution in [2.45, 2.75) is 19.4 Å². The number of aliphatic hydroxyl groups is 1. The van der Waals surface area contributed by atoms with Crippen LogP contribution in [0.3, 0.4) is 0 Å². The minimum atomic E-state index is -0.0140. The smallest absolute Gasteiger partial charge is 0.0471 e. The van der Waals surface area contributed by atoms with Gasteiger partial charge in [-0.25, -0.2) is 0 Å². The van der Waals surface area contributed by atoms with Gasteiger partial charge in [-0.15, -0.1) is 0 Å². The number of nitrogens with zero attached hydrogens (tertiary/aromatic N) is 1. The van der Waals surface area contributed by atoms with Crippen LogP contribution in [-0.2, 0) is 6.42 Å². The van der Waals surface area contributed by atoms with Gasteiger partial charge >= 0.3 is 0 Å². The molecular weight excluding hydrogens is 164 g/mol. The molecule has 3 nitrogen and oxygen atoms in total. The Morgan fingerprint density at radius 1 is 1.54 bits per heavy atom. The van der Waals surface area contributed by atoms with Crippen LogP contribution in [0.4, 0.5) is 0 Å². The average molecular weight is 180 g/mol. The van der Waals surface area contributed by atoms with Crippen molar-refractivity contribution in [2.75, 3.05) is 6.61 Å². The summed E-state index contributed by atoms with van der Waals surface area (Å²) in [6.45, 7) is 2.07. The molecule has 1 rings (SSSR count). The Hall–Kier alpha value is -0.930. The summed E-state index contributed by atoms with van der Waals surface area (Å²) in [5.74, 6) is 0.127. The number of hydrogen-bond donors (Lipinski definition) is 2. The third-order valence-electron chi connectivity index (χ3n) is 2.19. The Bertz CT molecular complexity index is 238. The Balaban J connectivity index is 2.50. The molecule has 1 aromatic rings. The zero-order valence-electron chi connectivity index (χ0n) is 7.85. The van der Waals surface area contributed by atoms with Crippen molar-refractivity contribution in [3.05, 3.63) is 30.1 Å². The number of nitrogens with two attached hydrogens (primary N) is 1. The lowest BCUT2D eigenvalue weighted by Gasteiger charge is -2.16. The van der Waals surface area contributed by atoms with Crippen LogP contribution in [0.25, 0.3) is 0 Å². The second kappa shape index (κ2) is 4.94. The van der Waals surface area contributed by atoms with Gasteiger partial charge in [0.15, 0.2) is 0 Å². The summed E-state index contributed by atoms with van der Waals surface area (Å²) in [7, 11) is 0. The van der Waals surface area contributed by atoms with Crippen molar-refractivity contribution in [1.82, 2.24) is 4.98 Å². The average Bonchev–Trinajstić information content (AvgIpc) is 2.18. The standard InChI is InChI=1S/C10H16N2O/c1-8(7-13)10(11)6-9-4-2-3-5-12-9/h2-5,8,10,13H,6-7,11H2,1H3/t8?,10-/m1/s1. The number of hydrogen-bond acceptors (Lipinski definition) is 3. The van der Waals surface area contributed by atoms with E-state index in [-0.39, 0.29) is 18.6 Å². The van der Waals surface area contributed by atoms with Gasteiger partial charge in [0.25, 0.3) is 0 Å². The first-order chi connectivity index (χ1) is 6.24. The van der Waals surface area contributed by atoms with Crippen LogP contribution in [0.1, 0.15) is 12.6 Å². The topological polar surface area (TPSA) is 59.1 Å². The fourth-order valence-corrected chi connectivity index (χ4v) is 1.10. The molecule has 0 radical (unpaired) electrons. The first kappa shape index (κ1) is 10.2. The van der Waals surface area contributed by atoms with Crippen molar-refractivity contribution in [3.63, 3.8) is 0 Å². The minimum absolute atomic E-state index is 0.0140. The van der Waals surface area contributed by atoms with Crippen LogP contribution in [0.5, 0.6) is 0 Å². The summed E-state index contributed by atoms with van der Waals surface area (Å²) in [5.41, 5.74) is 6.84. The van der Waals surface area contributed by atoms with E-state index in [0.29, 0.717) is 0 Å². The molecule has 1 aromatic heterocycles. The van der Waals surface area contributed by atoms with Crippen LogP contribution in [-0.4, -0.2) is 22.7 Å². The zero-order chi connectivity index (χ0) is 9.68. The van der Waals surface area contributed by atoms with Gasteiger partial charge in [0.05, 0.1) is 0 Å². The highest BCUT2D eigenvalue weighted by molar-refractivity contribution is 5.05. The molecule has 3 N–H and O–H groups in total. The molecule has 0 aliphatic carbocycles. The SMILES string of the molecule is CC(CO)[C@H](N)Cc1ccccn1. The van der Waals surface area contributed by atoms with E-state index in [1.807, 2.05) is 25.1 Å². The summed E-state index contributed by atoms with van der Waals surface area (Å²) < 4.78 is 0. The summed E-state index contributed by atoms with van der Waals surface area (Å²) in [6, 6.07) is 5.76. The molecule has 13 heavy (non-hydrogen) atoms. The first-order valence-electron chi connectivity index (χ1n) is 4.50. The van der Waals surface area contributed by atoms with Gasteiger partial charge in [0, 0.05) is 31.0 Å². The maximum absolute atomic E-state index is 8.88. The Morgan fingerprint density at radius 2 is 2.31 bits per heavy atom. The van der Waals surface area contributed by atoms with Gasteiger partial charge < -0.3 is 10.8 Å². The number of pyridine rings is 1. The second-order valence-electron chi connectivity index (χ2n) is 3.35. The van der Waals surface area contributed by atoms with Crippen LogP contribution in [0.2, 0.25) is 0 Å². The van der Waals surface area contributed by atoms with E-state index in [2.05, 4.69) is 4.98 Å². The highest BCUT2D eigenvalue weighted by Gasteiger charge is 2.12. The van der Waals surface area contributed by atoms with Gasteiger partial charge in [-0.1, -0.05) is 13.0 Å². The molecule has 0 spiro atoms. The van der Waals surface area contributed by atoms with Crippen LogP contribution in [0, 0.1) is 5.92 Å². The molecule has 2 atom stereocenters. The third kappa shape index (κ3) is 3.13. The van der Waals surface area contributed by atoms with E-state index in [9.17, 15) is 0 Å². The van der Waals surface area contributed by atoms with Gasteiger partial charge in [-0.3, -0.25) is 4.98 Å². The summed E-state index contributed by atoms with van der Waals surface area (Å²) in [6.07, 6.45) is 2.48. The summed E-state index contributed by atoms with van der Waals surface area (Å²) in [5, 5.41) is 8.88. The van der Waals surface area contributed by atoms with Gasteiger partial charge in [0.2, 0.25) is 0 Å². The fourth-order valence-electron chi connectivity index (χ4n) is 1.10. The van der Waals surface area contributed by atoms with E-state index in [1.165, 1.54) is 0 Å². The molecular formula is C10H16N2O. The monoisotopic (exact) mass is 180 g/mol. The predicted molar refractivity (Wildman–Crippen MR) is 52.2 cm³/mol. The highest BCUT2D eigenvalue weighted by Crippen LogP contribution is 2.05. The van der Waals surface area contributed by atoms with Gasteiger partial charge in [-0.2, -0.15) is 0 Å². The van der Waals surface area contributed by atoms with E-state index >= 15 is 0 Å². The van der Waals surface area contributed by atoms with Crippen molar-refractivity contribution in [1.29, 1.82) is 0 Å². The molecule has 0 saturated carbocycles.